The lowest BCUT2D eigenvalue weighted by molar-refractivity contribution is 0.0790. The quantitative estimate of drug-likeness (QED) is 0.730. The molecule has 0 radical (unpaired) electrons. The molecule has 1 aromatic carbocycles. The zero-order valence-electron chi connectivity index (χ0n) is 11.3. The molecule has 3 heterocycles. The lowest BCUT2D eigenvalue weighted by atomic mass is 10.2. The Labute approximate surface area is 125 Å². The molecule has 4 rings (SSSR count). The minimum Gasteiger partial charge on any atom is -0.336 e. The van der Waals surface area contributed by atoms with Gasteiger partial charge < -0.3 is 9.47 Å². The third-order valence-corrected chi connectivity index (χ3v) is 4.86. The molecule has 1 amide bonds. The first-order valence-electron chi connectivity index (χ1n) is 6.92. The number of benzene rings is 1. The zero-order chi connectivity index (χ0) is 14.2. The molecule has 1 atom stereocenters. The van der Waals surface area contributed by atoms with Crippen LogP contribution in [0.15, 0.2) is 42.4 Å². The van der Waals surface area contributed by atoms with Crippen molar-refractivity contribution in [2.75, 3.05) is 13.1 Å². The van der Waals surface area contributed by atoms with Crippen molar-refractivity contribution in [2.45, 2.75) is 12.5 Å². The zero-order valence-corrected chi connectivity index (χ0v) is 12.2. The van der Waals surface area contributed by atoms with Gasteiger partial charge in [0.15, 0.2) is 0 Å². The van der Waals surface area contributed by atoms with Gasteiger partial charge >= 0.3 is 0 Å². The highest BCUT2D eigenvalue weighted by Crippen LogP contribution is 2.27. The van der Waals surface area contributed by atoms with Gasteiger partial charge in [0, 0.05) is 25.5 Å². The molecule has 0 aliphatic carbocycles. The second kappa shape index (κ2) is 4.96. The Morgan fingerprint density at radius 2 is 2.33 bits per heavy atom. The number of carbonyl (C=O) groups excluding carboxylic acids is 1. The molecular formula is C15H14N4OS. The Balaban J connectivity index is 1.60. The number of rotatable bonds is 2. The summed E-state index contributed by atoms with van der Waals surface area (Å²) in [6, 6.07) is 6.07. The Morgan fingerprint density at radius 1 is 1.38 bits per heavy atom. The van der Waals surface area contributed by atoms with Gasteiger partial charge in [0.2, 0.25) is 0 Å². The first kappa shape index (κ1) is 12.5. The van der Waals surface area contributed by atoms with E-state index in [9.17, 15) is 4.79 Å². The maximum Gasteiger partial charge on any atom is 0.255 e. The maximum absolute atomic E-state index is 12.8. The monoisotopic (exact) mass is 298 g/mol. The Hall–Kier alpha value is -2.21. The molecule has 1 aliphatic heterocycles. The summed E-state index contributed by atoms with van der Waals surface area (Å²) in [5.41, 5.74) is 3.46. The van der Waals surface area contributed by atoms with Gasteiger partial charge in [0.05, 0.1) is 33.7 Å². The standard InChI is InChI=1S/C15H14N4OS/c20-15(12-2-1-3-13-14(12)21-10-17-13)18-6-4-11(8-18)19-7-5-16-9-19/h1-3,5,7,9-11H,4,6,8H2. The number of aromatic nitrogens is 3. The van der Waals surface area contributed by atoms with Crippen LogP contribution in [0.25, 0.3) is 10.2 Å². The van der Waals surface area contributed by atoms with Gasteiger partial charge in [-0.3, -0.25) is 4.79 Å². The summed E-state index contributed by atoms with van der Waals surface area (Å²) in [5, 5.41) is 0. The third kappa shape index (κ3) is 2.12. The number of amides is 1. The lowest BCUT2D eigenvalue weighted by Gasteiger charge is -2.17. The average Bonchev–Trinajstić information content (AvgIpc) is 3.23. The molecule has 5 nitrogen and oxygen atoms in total. The number of likely N-dealkylation sites (tertiary alicyclic amines) is 1. The fraction of sp³-hybridized carbons (Fsp3) is 0.267. The summed E-state index contributed by atoms with van der Waals surface area (Å²) in [6.07, 6.45) is 6.54. The molecular weight excluding hydrogens is 284 g/mol. The van der Waals surface area contributed by atoms with Gasteiger partial charge in [0.25, 0.3) is 5.91 Å². The Bertz CT molecular complexity index is 780. The van der Waals surface area contributed by atoms with Crippen molar-refractivity contribution in [3.05, 3.63) is 48.0 Å². The van der Waals surface area contributed by atoms with E-state index in [1.54, 1.807) is 11.7 Å². The molecule has 0 saturated carbocycles. The second-order valence-corrected chi connectivity index (χ2v) is 6.06. The molecule has 3 aromatic rings. The van der Waals surface area contributed by atoms with Gasteiger partial charge in [-0.05, 0) is 18.6 Å². The number of hydrogen-bond donors (Lipinski definition) is 0. The predicted molar refractivity (Wildman–Crippen MR) is 81.4 cm³/mol. The van der Waals surface area contributed by atoms with Crippen LogP contribution < -0.4 is 0 Å². The molecule has 1 fully saturated rings. The van der Waals surface area contributed by atoms with Crippen molar-refractivity contribution in [3.8, 4) is 0 Å². The maximum atomic E-state index is 12.8. The number of nitrogens with zero attached hydrogens (tertiary/aromatic N) is 4. The van der Waals surface area contributed by atoms with Gasteiger partial charge in [0.1, 0.15) is 0 Å². The first-order valence-corrected chi connectivity index (χ1v) is 7.80. The van der Waals surface area contributed by atoms with Crippen LogP contribution in [0.5, 0.6) is 0 Å². The van der Waals surface area contributed by atoms with E-state index in [1.807, 2.05) is 35.6 Å². The van der Waals surface area contributed by atoms with Crippen LogP contribution in [0.4, 0.5) is 0 Å². The fourth-order valence-corrected chi connectivity index (χ4v) is 3.68. The predicted octanol–water partition coefficient (Wildman–Crippen LogP) is 2.58. The summed E-state index contributed by atoms with van der Waals surface area (Å²) < 4.78 is 3.06. The van der Waals surface area contributed by atoms with E-state index in [1.165, 1.54) is 11.3 Å². The SMILES string of the molecule is O=C(c1cccc2ncsc12)N1CCC(n2ccnc2)C1. The molecule has 21 heavy (non-hydrogen) atoms. The molecule has 1 aliphatic rings. The largest absolute Gasteiger partial charge is 0.336 e. The Kier molecular flexibility index (Phi) is 2.96. The van der Waals surface area contributed by atoms with Crippen molar-refractivity contribution in [1.29, 1.82) is 0 Å². The highest BCUT2D eigenvalue weighted by Gasteiger charge is 2.28. The summed E-state index contributed by atoms with van der Waals surface area (Å²) in [6.45, 7) is 1.53. The molecule has 2 aromatic heterocycles. The number of fused-ring (bicyclic) bond motifs is 1. The van der Waals surface area contributed by atoms with Crippen LogP contribution in [0.3, 0.4) is 0 Å². The molecule has 0 N–H and O–H groups in total. The smallest absolute Gasteiger partial charge is 0.255 e. The molecule has 1 unspecified atom stereocenters. The van der Waals surface area contributed by atoms with Crippen LogP contribution in [0, 0.1) is 0 Å². The molecule has 1 saturated heterocycles. The van der Waals surface area contributed by atoms with Crippen LogP contribution in [-0.4, -0.2) is 38.4 Å². The number of thiazole rings is 1. The highest BCUT2D eigenvalue weighted by atomic mass is 32.1. The van der Waals surface area contributed by atoms with Crippen molar-refractivity contribution in [3.63, 3.8) is 0 Å². The van der Waals surface area contributed by atoms with Crippen molar-refractivity contribution >= 4 is 27.5 Å². The van der Waals surface area contributed by atoms with Crippen molar-refractivity contribution in [1.82, 2.24) is 19.4 Å². The second-order valence-electron chi connectivity index (χ2n) is 5.21. The van der Waals surface area contributed by atoms with E-state index >= 15 is 0 Å². The topological polar surface area (TPSA) is 51.0 Å². The number of carbonyl (C=O) groups is 1. The van der Waals surface area contributed by atoms with E-state index in [0.717, 1.165) is 35.3 Å². The fourth-order valence-electron chi connectivity index (χ4n) is 2.88. The molecule has 0 spiro atoms. The van der Waals surface area contributed by atoms with Gasteiger partial charge in [-0.1, -0.05) is 6.07 Å². The molecule has 106 valence electrons. The van der Waals surface area contributed by atoms with Crippen LogP contribution in [0.2, 0.25) is 0 Å². The van der Waals surface area contributed by atoms with E-state index in [0.29, 0.717) is 6.04 Å². The van der Waals surface area contributed by atoms with Gasteiger partial charge in [-0.2, -0.15) is 0 Å². The number of imidazole rings is 1. The van der Waals surface area contributed by atoms with Crippen LogP contribution in [-0.2, 0) is 0 Å². The normalized spacial score (nSPS) is 18.5. The summed E-state index contributed by atoms with van der Waals surface area (Å²) in [7, 11) is 0. The minimum atomic E-state index is 0.104. The van der Waals surface area contributed by atoms with E-state index in [2.05, 4.69) is 14.5 Å². The first-order chi connectivity index (χ1) is 10.3. The van der Waals surface area contributed by atoms with Crippen LogP contribution >= 0.6 is 11.3 Å². The summed E-state index contributed by atoms with van der Waals surface area (Å²) in [5.74, 6) is 0.104. The van der Waals surface area contributed by atoms with E-state index in [-0.39, 0.29) is 5.91 Å². The molecule has 6 heteroatoms. The van der Waals surface area contributed by atoms with Crippen molar-refractivity contribution in [2.24, 2.45) is 0 Å². The van der Waals surface area contributed by atoms with Crippen molar-refractivity contribution < 1.29 is 4.79 Å². The van der Waals surface area contributed by atoms with E-state index in [4.69, 9.17) is 0 Å². The molecule has 0 bridgehead atoms. The number of hydrogen-bond acceptors (Lipinski definition) is 4. The van der Waals surface area contributed by atoms with Gasteiger partial charge in [-0.25, -0.2) is 9.97 Å². The van der Waals surface area contributed by atoms with Gasteiger partial charge in [-0.15, -0.1) is 11.3 Å². The van der Waals surface area contributed by atoms with Crippen LogP contribution in [0.1, 0.15) is 22.8 Å². The van der Waals surface area contributed by atoms with E-state index < -0.39 is 0 Å². The Morgan fingerprint density at radius 3 is 3.19 bits per heavy atom. The lowest BCUT2D eigenvalue weighted by Crippen LogP contribution is -2.29. The highest BCUT2D eigenvalue weighted by molar-refractivity contribution is 7.17. The average molecular weight is 298 g/mol. The third-order valence-electron chi connectivity index (χ3n) is 3.98. The summed E-state index contributed by atoms with van der Waals surface area (Å²) >= 11 is 1.53. The minimum absolute atomic E-state index is 0.104. The summed E-state index contributed by atoms with van der Waals surface area (Å²) in [4.78, 5) is 23.0.